The van der Waals surface area contributed by atoms with E-state index in [4.69, 9.17) is 5.11 Å². The van der Waals surface area contributed by atoms with Gasteiger partial charge in [0.1, 0.15) is 0 Å². The Labute approximate surface area is 118 Å². The van der Waals surface area contributed by atoms with Crippen molar-refractivity contribution in [1.29, 1.82) is 0 Å². The van der Waals surface area contributed by atoms with Crippen LogP contribution in [0.3, 0.4) is 0 Å². The van der Waals surface area contributed by atoms with Crippen LogP contribution >= 0.6 is 0 Å². The highest BCUT2D eigenvalue weighted by Crippen LogP contribution is 2.22. The number of aromatic nitrogens is 1. The lowest BCUT2D eigenvalue weighted by atomic mass is 10.1. The molecule has 1 unspecified atom stereocenters. The van der Waals surface area contributed by atoms with Gasteiger partial charge in [-0.25, -0.2) is 0 Å². The molecule has 1 amide bonds. The lowest BCUT2D eigenvalue weighted by Crippen LogP contribution is -2.36. The Hall–Kier alpha value is -1.62. The molecule has 1 saturated heterocycles. The van der Waals surface area contributed by atoms with Crippen LogP contribution in [-0.4, -0.2) is 39.7 Å². The number of hydrogen-bond donors (Lipinski definition) is 1. The van der Waals surface area contributed by atoms with E-state index in [1.54, 1.807) is 22.9 Å². The number of amides is 1. The summed E-state index contributed by atoms with van der Waals surface area (Å²) in [6.45, 7) is 1.41. The molecule has 0 aliphatic carbocycles. The van der Waals surface area contributed by atoms with E-state index in [1.165, 1.54) is 6.07 Å². The summed E-state index contributed by atoms with van der Waals surface area (Å²) in [5, 5.41) is 8.89. The van der Waals surface area contributed by atoms with Crippen molar-refractivity contribution < 1.29 is 9.90 Å². The highest BCUT2D eigenvalue weighted by atomic mass is 16.3. The SMILES string of the molecule is O=C(CCn1ccccc1=O)N1CCCC1CCCO. The van der Waals surface area contributed by atoms with Crippen molar-refractivity contribution in [2.45, 2.75) is 44.7 Å². The molecule has 1 aliphatic rings. The highest BCUT2D eigenvalue weighted by Gasteiger charge is 2.27. The number of hydrogen-bond acceptors (Lipinski definition) is 3. The van der Waals surface area contributed by atoms with Crippen LogP contribution < -0.4 is 5.56 Å². The summed E-state index contributed by atoms with van der Waals surface area (Å²) in [6.07, 6.45) is 5.74. The zero-order valence-corrected chi connectivity index (χ0v) is 11.7. The molecule has 1 aliphatic heterocycles. The summed E-state index contributed by atoms with van der Waals surface area (Å²) >= 11 is 0. The number of rotatable bonds is 6. The van der Waals surface area contributed by atoms with Crippen molar-refractivity contribution in [2.75, 3.05) is 13.2 Å². The average molecular weight is 278 g/mol. The Balaban J connectivity index is 1.88. The number of likely N-dealkylation sites (tertiary alicyclic amines) is 1. The maximum Gasteiger partial charge on any atom is 0.250 e. The molecule has 1 atom stereocenters. The minimum Gasteiger partial charge on any atom is -0.396 e. The third-order valence-electron chi connectivity index (χ3n) is 3.86. The summed E-state index contributed by atoms with van der Waals surface area (Å²) in [5.74, 6) is 0.112. The van der Waals surface area contributed by atoms with Crippen LogP contribution in [0.15, 0.2) is 29.2 Å². The molecular weight excluding hydrogens is 256 g/mol. The van der Waals surface area contributed by atoms with Gasteiger partial charge in [0.05, 0.1) is 0 Å². The van der Waals surface area contributed by atoms with Gasteiger partial charge >= 0.3 is 0 Å². The van der Waals surface area contributed by atoms with Crippen LogP contribution in [-0.2, 0) is 11.3 Å². The number of carbonyl (C=O) groups is 1. The predicted octanol–water partition coefficient (Wildman–Crippen LogP) is 1.00. The van der Waals surface area contributed by atoms with Gasteiger partial charge in [-0.2, -0.15) is 0 Å². The molecule has 0 bridgehead atoms. The first-order chi connectivity index (χ1) is 9.72. The molecular formula is C15H22N2O3. The van der Waals surface area contributed by atoms with Gasteiger partial charge in [-0.15, -0.1) is 0 Å². The quantitative estimate of drug-likeness (QED) is 0.844. The van der Waals surface area contributed by atoms with Gasteiger partial charge in [-0.3, -0.25) is 9.59 Å². The van der Waals surface area contributed by atoms with Crippen LogP contribution in [0, 0.1) is 0 Å². The molecule has 0 saturated carbocycles. The normalized spacial score (nSPS) is 18.4. The van der Waals surface area contributed by atoms with Gasteiger partial charge < -0.3 is 14.6 Å². The Morgan fingerprint density at radius 3 is 3.00 bits per heavy atom. The molecule has 0 aromatic carbocycles. The van der Waals surface area contributed by atoms with E-state index < -0.39 is 0 Å². The first-order valence-electron chi connectivity index (χ1n) is 7.28. The Bertz CT molecular complexity index is 498. The standard InChI is InChI=1S/C15H22N2O3/c18-12-4-6-13-5-3-10-17(13)15(20)8-11-16-9-2-1-7-14(16)19/h1-2,7,9,13,18H,3-6,8,10-12H2. The zero-order valence-electron chi connectivity index (χ0n) is 11.7. The van der Waals surface area contributed by atoms with Crippen molar-refractivity contribution in [3.63, 3.8) is 0 Å². The monoisotopic (exact) mass is 278 g/mol. The second kappa shape index (κ2) is 7.24. The summed E-state index contributed by atoms with van der Waals surface area (Å²) in [4.78, 5) is 25.7. The first-order valence-corrected chi connectivity index (χ1v) is 7.28. The average Bonchev–Trinajstić information content (AvgIpc) is 2.92. The fraction of sp³-hybridized carbons (Fsp3) is 0.600. The number of aliphatic hydroxyl groups excluding tert-OH is 1. The molecule has 0 spiro atoms. The largest absolute Gasteiger partial charge is 0.396 e. The third-order valence-corrected chi connectivity index (χ3v) is 3.86. The lowest BCUT2D eigenvalue weighted by Gasteiger charge is -2.24. The maximum atomic E-state index is 12.3. The highest BCUT2D eigenvalue weighted by molar-refractivity contribution is 5.76. The smallest absolute Gasteiger partial charge is 0.250 e. The second-order valence-corrected chi connectivity index (χ2v) is 5.23. The van der Waals surface area contributed by atoms with Crippen molar-refractivity contribution in [3.05, 3.63) is 34.7 Å². The topological polar surface area (TPSA) is 62.5 Å². The number of nitrogens with zero attached hydrogens (tertiary/aromatic N) is 2. The molecule has 5 nitrogen and oxygen atoms in total. The van der Waals surface area contributed by atoms with E-state index in [9.17, 15) is 9.59 Å². The summed E-state index contributed by atoms with van der Waals surface area (Å²) in [6, 6.07) is 5.27. The fourth-order valence-electron chi connectivity index (χ4n) is 2.80. The lowest BCUT2D eigenvalue weighted by molar-refractivity contribution is -0.132. The Morgan fingerprint density at radius 1 is 1.40 bits per heavy atom. The van der Waals surface area contributed by atoms with Crippen LogP contribution in [0.2, 0.25) is 0 Å². The maximum absolute atomic E-state index is 12.3. The third kappa shape index (κ3) is 3.70. The van der Waals surface area contributed by atoms with Crippen molar-refractivity contribution in [1.82, 2.24) is 9.47 Å². The van der Waals surface area contributed by atoms with Gasteiger partial charge in [0, 0.05) is 44.4 Å². The van der Waals surface area contributed by atoms with Crippen molar-refractivity contribution in [3.8, 4) is 0 Å². The zero-order chi connectivity index (χ0) is 14.4. The molecule has 5 heteroatoms. The molecule has 2 rings (SSSR count). The van der Waals surface area contributed by atoms with Gasteiger partial charge in [0.15, 0.2) is 0 Å². The van der Waals surface area contributed by atoms with Crippen LogP contribution in [0.25, 0.3) is 0 Å². The summed E-state index contributed by atoms with van der Waals surface area (Å²) in [7, 11) is 0. The van der Waals surface area contributed by atoms with E-state index in [0.717, 1.165) is 32.2 Å². The first kappa shape index (κ1) is 14.8. The Morgan fingerprint density at radius 2 is 2.25 bits per heavy atom. The van der Waals surface area contributed by atoms with Crippen LogP contribution in [0.5, 0.6) is 0 Å². The van der Waals surface area contributed by atoms with Gasteiger partial charge in [0.2, 0.25) is 5.91 Å². The fourth-order valence-corrected chi connectivity index (χ4v) is 2.80. The minimum atomic E-state index is -0.0708. The van der Waals surface area contributed by atoms with E-state index in [2.05, 4.69) is 0 Å². The summed E-state index contributed by atoms with van der Waals surface area (Å²) < 4.78 is 1.57. The number of pyridine rings is 1. The van der Waals surface area contributed by atoms with Gasteiger partial charge in [-0.05, 0) is 31.7 Å². The van der Waals surface area contributed by atoms with Gasteiger partial charge in [0.25, 0.3) is 5.56 Å². The second-order valence-electron chi connectivity index (χ2n) is 5.23. The van der Waals surface area contributed by atoms with Crippen LogP contribution in [0.1, 0.15) is 32.1 Å². The number of carbonyl (C=O) groups excluding carboxylic acids is 1. The van der Waals surface area contributed by atoms with Gasteiger partial charge in [-0.1, -0.05) is 6.07 Å². The molecule has 2 heterocycles. The summed E-state index contributed by atoms with van der Waals surface area (Å²) in [5.41, 5.74) is -0.0708. The molecule has 1 fully saturated rings. The van der Waals surface area contributed by atoms with E-state index in [0.29, 0.717) is 13.0 Å². The van der Waals surface area contributed by atoms with E-state index >= 15 is 0 Å². The molecule has 1 aromatic heterocycles. The molecule has 20 heavy (non-hydrogen) atoms. The van der Waals surface area contributed by atoms with Crippen LogP contribution in [0.4, 0.5) is 0 Å². The minimum absolute atomic E-state index is 0.0708. The number of aryl methyl sites for hydroxylation is 1. The molecule has 1 N–H and O–H groups in total. The predicted molar refractivity (Wildman–Crippen MR) is 76.4 cm³/mol. The molecule has 110 valence electrons. The Kier molecular flexibility index (Phi) is 5.35. The van der Waals surface area contributed by atoms with Crippen molar-refractivity contribution in [2.24, 2.45) is 0 Å². The van der Waals surface area contributed by atoms with Crippen molar-refractivity contribution >= 4 is 5.91 Å². The molecule has 1 aromatic rings. The molecule has 0 radical (unpaired) electrons. The van der Waals surface area contributed by atoms with E-state index in [-0.39, 0.29) is 24.1 Å². The number of aliphatic hydroxyl groups is 1. The van der Waals surface area contributed by atoms with E-state index in [1.807, 2.05) is 4.90 Å².